The molecule has 0 aliphatic heterocycles. The van der Waals surface area contributed by atoms with Crippen molar-refractivity contribution in [3.05, 3.63) is 23.8 Å². The second-order valence-electron chi connectivity index (χ2n) is 2.82. The summed E-state index contributed by atoms with van der Waals surface area (Å²) < 4.78 is 4.98. The zero-order chi connectivity index (χ0) is 10.6. The molecule has 0 amide bonds. The summed E-state index contributed by atoms with van der Waals surface area (Å²) >= 11 is 0. The highest BCUT2D eigenvalue weighted by molar-refractivity contribution is 6.00. The van der Waals surface area contributed by atoms with E-state index in [0.29, 0.717) is 5.75 Å². The Morgan fingerprint density at radius 3 is 2.79 bits per heavy atom. The summed E-state index contributed by atoms with van der Waals surface area (Å²) in [5, 5.41) is 13.0. The molecule has 0 unspecified atom stereocenters. The molecule has 0 aliphatic carbocycles. The third-order valence-electron chi connectivity index (χ3n) is 2.00. The number of ether oxygens (including phenoxy) is 1. The maximum atomic E-state index is 9.37. The van der Waals surface area contributed by atoms with Crippen LogP contribution < -0.4 is 10.6 Å². The van der Waals surface area contributed by atoms with E-state index in [9.17, 15) is 5.11 Å². The lowest BCUT2D eigenvalue weighted by atomic mass is 10.1. The number of aromatic hydroxyl groups is 1. The van der Waals surface area contributed by atoms with E-state index in [4.69, 9.17) is 10.6 Å². The second kappa shape index (κ2) is 4.50. The number of phenolic OH excluding ortho intramolecular Hbond substituents is 1. The first-order valence-electron chi connectivity index (χ1n) is 4.37. The summed E-state index contributed by atoms with van der Waals surface area (Å²) in [5.41, 5.74) is 1.65. The number of phenols is 1. The highest BCUT2D eigenvalue weighted by Gasteiger charge is 2.06. The monoisotopic (exact) mass is 194 g/mol. The summed E-state index contributed by atoms with van der Waals surface area (Å²) in [6.45, 7) is 1.96. The SMILES string of the molecule is CC/C(=N\N)c1ccc(O)c(OC)c1. The van der Waals surface area contributed by atoms with Gasteiger partial charge >= 0.3 is 0 Å². The normalized spacial score (nSPS) is 11.4. The molecule has 76 valence electrons. The molecule has 0 saturated heterocycles. The Morgan fingerprint density at radius 1 is 1.57 bits per heavy atom. The molecule has 0 spiro atoms. The van der Waals surface area contributed by atoms with Gasteiger partial charge in [0.15, 0.2) is 11.5 Å². The van der Waals surface area contributed by atoms with Crippen LogP contribution in [0.15, 0.2) is 23.3 Å². The number of benzene rings is 1. The maximum absolute atomic E-state index is 9.37. The van der Waals surface area contributed by atoms with E-state index in [1.807, 2.05) is 6.92 Å². The number of nitrogens with zero attached hydrogens (tertiary/aromatic N) is 1. The summed E-state index contributed by atoms with van der Waals surface area (Å²) in [6, 6.07) is 5.03. The fraction of sp³-hybridized carbons (Fsp3) is 0.300. The minimum absolute atomic E-state index is 0.115. The van der Waals surface area contributed by atoms with Crippen LogP contribution in [-0.2, 0) is 0 Å². The van der Waals surface area contributed by atoms with Crippen LogP contribution in [0.3, 0.4) is 0 Å². The summed E-state index contributed by atoms with van der Waals surface area (Å²) in [4.78, 5) is 0. The molecule has 4 heteroatoms. The van der Waals surface area contributed by atoms with E-state index in [-0.39, 0.29) is 5.75 Å². The maximum Gasteiger partial charge on any atom is 0.161 e. The third kappa shape index (κ3) is 1.96. The first-order valence-corrected chi connectivity index (χ1v) is 4.37. The average molecular weight is 194 g/mol. The van der Waals surface area contributed by atoms with Gasteiger partial charge in [0, 0.05) is 5.56 Å². The van der Waals surface area contributed by atoms with E-state index >= 15 is 0 Å². The molecule has 0 fully saturated rings. The van der Waals surface area contributed by atoms with E-state index < -0.39 is 0 Å². The Bertz CT molecular complexity index is 348. The standard InChI is InChI=1S/C10H14N2O2/c1-3-8(12-11)7-4-5-9(13)10(6-7)14-2/h4-6,13H,3,11H2,1-2H3/b12-8+. The summed E-state index contributed by atoms with van der Waals surface area (Å²) in [6.07, 6.45) is 0.741. The molecule has 1 aromatic rings. The first-order chi connectivity index (χ1) is 6.72. The summed E-state index contributed by atoms with van der Waals surface area (Å²) in [7, 11) is 1.50. The van der Waals surface area contributed by atoms with Crippen LogP contribution in [0.1, 0.15) is 18.9 Å². The lowest BCUT2D eigenvalue weighted by Crippen LogP contribution is -2.02. The Kier molecular flexibility index (Phi) is 3.34. The van der Waals surface area contributed by atoms with Gasteiger partial charge in [-0.25, -0.2) is 0 Å². The van der Waals surface area contributed by atoms with Gasteiger partial charge in [0.25, 0.3) is 0 Å². The molecule has 0 aliphatic rings. The molecular formula is C10H14N2O2. The van der Waals surface area contributed by atoms with Crippen LogP contribution in [-0.4, -0.2) is 17.9 Å². The Balaban J connectivity index is 3.12. The summed E-state index contributed by atoms with van der Waals surface area (Å²) in [5.74, 6) is 5.77. The van der Waals surface area contributed by atoms with Gasteiger partial charge < -0.3 is 15.7 Å². The predicted molar refractivity (Wildman–Crippen MR) is 55.7 cm³/mol. The van der Waals surface area contributed by atoms with E-state index in [1.165, 1.54) is 7.11 Å². The van der Waals surface area contributed by atoms with Crippen molar-refractivity contribution in [1.29, 1.82) is 0 Å². The van der Waals surface area contributed by atoms with Crippen LogP contribution in [0.4, 0.5) is 0 Å². The molecule has 1 aromatic carbocycles. The van der Waals surface area contributed by atoms with Crippen molar-refractivity contribution in [2.24, 2.45) is 10.9 Å². The van der Waals surface area contributed by atoms with E-state index in [1.54, 1.807) is 18.2 Å². The van der Waals surface area contributed by atoms with Crippen LogP contribution in [0.25, 0.3) is 0 Å². The first kappa shape index (κ1) is 10.4. The van der Waals surface area contributed by atoms with Crippen molar-refractivity contribution in [3.63, 3.8) is 0 Å². The van der Waals surface area contributed by atoms with Gasteiger partial charge in [-0.2, -0.15) is 5.10 Å². The van der Waals surface area contributed by atoms with Crippen molar-refractivity contribution >= 4 is 5.71 Å². The minimum Gasteiger partial charge on any atom is -0.504 e. The van der Waals surface area contributed by atoms with Crippen molar-refractivity contribution in [2.75, 3.05) is 7.11 Å². The second-order valence-corrected chi connectivity index (χ2v) is 2.82. The van der Waals surface area contributed by atoms with Gasteiger partial charge in [-0.3, -0.25) is 0 Å². The van der Waals surface area contributed by atoms with E-state index in [2.05, 4.69) is 5.10 Å². The number of hydrazone groups is 1. The number of rotatable bonds is 3. The molecule has 0 aromatic heterocycles. The Labute approximate surface area is 83.0 Å². The number of hydrogen-bond donors (Lipinski definition) is 2. The molecule has 4 nitrogen and oxygen atoms in total. The Hall–Kier alpha value is -1.71. The average Bonchev–Trinajstić information content (AvgIpc) is 2.22. The Morgan fingerprint density at radius 2 is 2.29 bits per heavy atom. The van der Waals surface area contributed by atoms with Gasteiger partial charge in [-0.05, 0) is 24.6 Å². The number of methoxy groups -OCH3 is 1. The van der Waals surface area contributed by atoms with Gasteiger partial charge in [-0.1, -0.05) is 6.92 Å². The highest BCUT2D eigenvalue weighted by Crippen LogP contribution is 2.26. The molecule has 1 rings (SSSR count). The molecule has 0 heterocycles. The van der Waals surface area contributed by atoms with Crippen LogP contribution in [0.5, 0.6) is 11.5 Å². The van der Waals surface area contributed by atoms with Gasteiger partial charge in [0.2, 0.25) is 0 Å². The fourth-order valence-electron chi connectivity index (χ4n) is 1.23. The lowest BCUT2D eigenvalue weighted by molar-refractivity contribution is 0.373. The van der Waals surface area contributed by atoms with Gasteiger partial charge in [-0.15, -0.1) is 0 Å². The van der Waals surface area contributed by atoms with Crippen LogP contribution >= 0.6 is 0 Å². The molecule has 0 radical (unpaired) electrons. The fourth-order valence-corrected chi connectivity index (χ4v) is 1.23. The van der Waals surface area contributed by atoms with Crippen molar-refractivity contribution in [3.8, 4) is 11.5 Å². The zero-order valence-corrected chi connectivity index (χ0v) is 8.32. The van der Waals surface area contributed by atoms with Gasteiger partial charge in [0.05, 0.1) is 12.8 Å². The largest absolute Gasteiger partial charge is 0.504 e. The topological polar surface area (TPSA) is 67.8 Å². The van der Waals surface area contributed by atoms with Crippen molar-refractivity contribution in [1.82, 2.24) is 0 Å². The van der Waals surface area contributed by atoms with Crippen LogP contribution in [0, 0.1) is 0 Å². The number of hydrogen-bond acceptors (Lipinski definition) is 4. The quantitative estimate of drug-likeness (QED) is 0.435. The zero-order valence-electron chi connectivity index (χ0n) is 8.32. The van der Waals surface area contributed by atoms with Gasteiger partial charge in [0.1, 0.15) is 0 Å². The smallest absolute Gasteiger partial charge is 0.161 e. The molecular weight excluding hydrogens is 180 g/mol. The van der Waals surface area contributed by atoms with Crippen LogP contribution in [0.2, 0.25) is 0 Å². The lowest BCUT2D eigenvalue weighted by Gasteiger charge is -2.06. The van der Waals surface area contributed by atoms with Crippen molar-refractivity contribution < 1.29 is 9.84 Å². The molecule has 14 heavy (non-hydrogen) atoms. The highest BCUT2D eigenvalue weighted by atomic mass is 16.5. The minimum atomic E-state index is 0.115. The molecule has 0 bridgehead atoms. The molecule has 3 N–H and O–H groups in total. The number of nitrogens with two attached hydrogens (primary N) is 1. The third-order valence-corrected chi connectivity index (χ3v) is 2.00. The van der Waals surface area contributed by atoms with Crippen molar-refractivity contribution in [2.45, 2.75) is 13.3 Å². The molecule has 0 saturated carbocycles. The predicted octanol–water partition coefficient (Wildman–Crippen LogP) is 1.47. The van der Waals surface area contributed by atoms with E-state index in [0.717, 1.165) is 17.7 Å². The molecule has 0 atom stereocenters.